The van der Waals surface area contributed by atoms with Crippen LogP contribution in [-0.4, -0.2) is 12.0 Å². The maximum atomic E-state index is 8.79. The van der Waals surface area contributed by atoms with Crippen molar-refractivity contribution in [2.45, 2.75) is 0 Å². The summed E-state index contributed by atoms with van der Waals surface area (Å²) < 4.78 is 0. The van der Waals surface area contributed by atoms with E-state index in [4.69, 9.17) is 28.5 Å². The molecule has 17 heavy (non-hydrogen) atoms. The van der Waals surface area contributed by atoms with Gasteiger partial charge in [-0.15, -0.1) is 11.3 Å². The third-order valence-corrected chi connectivity index (χ3v) is 3.69. The third kappa shape index (κ3) is 2.37. The highest BCUT2D eigenvalue weighted by atomic mass is 35.5. The second kappa shape index (κ2) is 4.92. The quantitative estimate of drug-likeness (QED) is 0.905. The lowest BCUT2D eigenvalue weighted by Gasteiger charge is -2.06. The summed E-state index contributed by atoms with van der Waals surface area (Å²) in [6.45, 7) is 0. The van der Waals surface area contributed by atoms with Gasteiger partial charge in [-0.1, -0.05) is 23.2 Å². The van der Waals surface area contributed by atoms with Gasteiger partial charge in [0.05, 0.1) is 14.9 Å². The lowest BCUT2D eigenvalue weighted by atomic mass is 10.3. The Labute approximate surface area is 113 Å². The molecule has 1 N–H and O–H groups in total. The highest BCUT2D eigenvalue weighted by Crippen LogP contribution is 2.35. The molecule has 0 amide bonds. The Balaban J connectivity index is 2.55. The molecule has 0 aliphatic heterocycles. The van der Waals surface area contributed by atoms with E-state index in [1.54, 1.807) is 19.2 Å². The van der Waals surface area contributed by atoms with Gasteiger partial charge in [0, 0.05) is 7.05 Å². The number of aromatic nitrogens is 1. The van der Waals surface area contributed by atoms with Crippen molar-refractivity contribution < 1.29 is 0 Å². The molecule has 0 aromatic carbocycles. The van der Waals surface area contributed by atoms with Crippen LogP contribution in [-0.2, 0) is 0 Å². The highest BCUT2D eigenvalue weighted by molar-refractivity contribution is 7.16. The maximum absolute atomic E-state index is 8.79. The molecular formula is C11H7Cl2N3S. The normalized spacial score (nSPS) is 10.0. The highest BCUT2D eigenvalue weighted by Gasteiger charge is 2.12. The summed E-state index contributed by atoms with van der Waals surface area (Å²) in [4.78, 5) is 5.81. The van der Waals surface area contributed by atoms with Crippen molar-refractivity contribution in [1.29, 1.82) is 5.26 Å². The first-order valence-electron chi connectivity index (χ1n) is 4.70. The second-order valence-electron chi connectivity index (χ2n) is 3.17. The summed E-state index contributed by atoms with van der Waals surface area (Å²) in [5, 5.41) is 12.6. The molecule has 2 rings (SSSR count). The van der Waals surface area contributed by atoms with E-state index in [1.807, 2.05) is 6.07 Å². The molecule has 0 fully saturated rings. The molecule has 0 radical (unpaired) electrons. The Morgan fingerprint density at radius 3 is 2.71 bits per heavy atom. The summed E-state index contributed by atoms with van der Waals surface area (Å²) in [7, 11) is 1.74. The molecule has 2 aromatic rings. The second-order valence-corrected chi connectivity index (χ2v) is 5.07. The molecule has 3 nitrogen and oxygen atoms in total. The number of hydrogen-bond donors (Lipinski definition) is 1. The number of anilines is 1. The van der Waals surface area contributed by atoms with Crippen LogP contribution >= 0.6 is 34.5 Å². The van der Waals surface area contributed by atoms with Crippen LogP contribution in [0.25, 0.3) is 10.6 Å². The van der Waals surface area contributed by atoms with Crippen molar-refractivity contribution >= 4 is 40.4 Å². The number of nitrogens with zero attached hydrogens (tertiary/aromatic N) is 2. The van der Waals surface area contributed by atoms with E-state index in [0.29, 0.717) is 26.4 Å². The Morgan fingerprint density at radius 2 is 2.12 bits per heavy atom. The van der Waals surface area contributed by atoms with Crippen molar-refractivity contribution in [2.75, 3.05) is 12.4 Å². The topological polar surface area (TPSA) is 48.7 Å². The number of hydrogen-bond acceptors (Lipinski definition) is 4. The Bertz CT molecular complexity index is 601. The Kier molecular flexibility index (Phi) is 3.53. The summed E-state index contributed by atoms with van der Waals surface area (Å²) in [6, 6.07) is 7.29. The van der Waals surface area contributed by atoms with E-state index in [2.05, 4.69) is 16.4 Å². The minimum absolute atomic E-state index is 0.471. The lowest BCUT2D eigenvalue weighted by Crippen LogP contribution is -1.95. The van der Waals surface area contributed by atoms with Gasteiger partial charge in [0.25, 0.3) is 0 Å². The van der Waals surface area contributed by atoms with Gasteiger partial charge in [-0.25, -0.2) is 4.98 Å². The fourth-order valence-electron chi connectivity index (χ4n) is 1.34. The number of halogens is 2. The zero-order valence-electron chi connectivity index (χ0n) is 8.79. The van der Waals surface area contributed by atoms with E-state index >= 15 is 0 Å². The van der Waals surface area contributed by atoms with Crippen LogP contribution in [0.15, 0.2) is 18.2 Å². The molecule has 2 aromatic heterocycles. The zero-order valence-corrected chi connectivity index (χ0v) is 11.1. The first kappa shape index (κ1) is 12.2. The van der Waals surface area contributed by atoms with Gasteiger partial charge in [-0.3, -0.25) is 0 Å². The minimum Gasteiger partial charge on any atom is -0.372 e. The van der Waals surface area contributed by atoms with Crippen LogP contribution in [0.5, 0.6) is 0 Å². The van der Waals surface area contributed by atoms with Crippen LogP contribution in [0.1, 0.15) is 4.88 Å². The molecule has 0 spiro atoms. The predicted octanol–water partition coefficient (Wildman–Crippen LogP) is 4.03. The summed E-state index contributed by atoms with van der Waals surface area (Å²) in [6.07, 6.45) is 0. The van der Waals surface area contributed by atoms with Crippen LogP contribution in [0.3, 0.4) is 0 Å². The Hall–Kier alpha value is -1.28. The molecule has 2 heterocycles. The van der Waals surface area contributed by atoms with Gasteiger partial charge in [-0.05, 0) is 18.2 Å². The largest absolute Gasteiger partial charge is 0.372 e. The minimum atomic E-state index is 0.471. The average molecular weight is 284 g/mol. The van der Waals surface area contributed by atoms with Gasteiger partial charge >= 0.3 is 0 Å². The zero-order chi connectivity index (χ0) is 12.4. The van der Waals surface area contributed by atoms with E-state index in [-0.39, 0.29) is 0 Å². The van der Waals surface area contributed by atoms with Crippen molar-refractivity contribution in [2.24, 2.45) is 0 Å². The monoisotopic (exact) mass is 283 g/mol. The molecule has 0 saturated carbocycles. The number of rotatable bonds is 2. The molecule has 0 bridgehead atoms. The average Bonchev–Trinajstić information content (AvgIpc) is 2.78. The summed E-state index contributed by atoms with van der Waals surface area (Å²) in [5.74, 6) is 0.568. The van der Waals surface area contributed by atoms with Gasteiger partial charge < -0.3 is 5.32 Å². The fourth-order valence-corrected chi connectivity index (χ4v) is 2.76. The van der Waals surface area contributed by atoms with Crippen LogP contribution in [0.2, 0.25) is 10.0 Å². The van der Waals surface area contributed by atoms with Gasteiger partial charge in [0.1, 0.15) is 22.5 Å². The van der Waals surface area contributed by atoms with E-state index < -0.39 is 0 Å². The molecule has 6 heteroatoms. The van der Waals surface area contributed by atoms with Crippen LogP contribution in [0, 0.1) is 11.3 Å². The smallest absolute Gasteiger partial charge is 0.145 e. The third-order valence-electron chi connectivity index (χ3n) is 2.12. The summed E-state index contributed by atoms with van der Waals surface area (Å²) in [5.41, 5.74) is 0.631. The first-order chi connectivity index (χ1) is 8.15. The first-order valence-corrected chi connectivity index (χ1v) is 6.27. The Morgan fingerprint density at radius 1 is 1.35 bits per heavy atom. The number of nitrogens with one attached hydrogen (secondary N) is 1. The molecule has 0 unspecified atom stereocenters. The van der Waals surface area contributed by atoms with Crippen molar-refractivity contribution in [3.63, 3.8) is 0 Å². The van der Waals surface area contributed by atoms with E-state index in [1.165, 1.54) is 11.3 Å². The lowest BCUT2D eigenvalue weighted by molar-refractivity contribution is 1.30. The maximum Gasteiger partial charge on any atom is 0.145 e. The summed E-state index contributed by atoms with van der Waals surface area (Å²) >= 11 is 13.4. The van der Waals surface area contributed by atoms with Crippen LogP contribution in [0.4, 0.5) is 5.82 Å². The molecule has 0 atom stereocenters. The van der Waals surface area contributed by atoms with Gasteiger partial charge in [0.2, 0.25) is 0 Å². The van der Waals surface area contributed by atoms with Crippen LogP contribution < -0.4 is 5.32 Å². The molecule has 0 saturated heterocycles. The molecule has 86 valence electrons. The molecular weight excluding hydrogens is 277 g/mol. The molecule has 0 aliphatic rings. The predicted molar refractivity (Wildman–Crippen MR) is 71.8 cm³/mol. The number of pyridine rings is 1. The van der Waals surface area contributed by atoms with E-state index in [0.717, 1.165) is 4.88 Å². The van der Waals surface area contributed by atoms with Crippen molar-refractivity contribution in [1.82, 2.24) is 4.98 Å². The number of nitriles is 1. The SMILES string of the molecule is CNc1nc(-c2ccc(C#N)s2)c(Cl)cc1Cl. The van der Waals surface area contributed by atoms with Gasteiger partial charge in [0.15, 0.2) is 0 Å². The van der Waals surface area contributed by atoms with Gasteiger partial charge in [-0.2, -0.15) is 5.26 Å². The fraction of sp³-hybridized carbons (Fsp3) is 0.0909. The number of thiophene rings is 1. The van der Waals surface area contributed by atoms with E-state index in [9.17, 15) is 0 Å². The standard InChI is InChI=1S/C11H7Cl2N3S/c1-15-11-8(13)4-7(12)10(16-11)9-3-2-6(5-14)17-9/h2-4H,1H3,(H,15,16). The van der Waals surface area contributed by atoms with Crippen molar-refractivity contribution in [3.05, 3.63) is 33.1 Å². The van der Waals surface area contributed by atoms with Crippen molar-refractivity contribution in [3.8, 4) is 16.6 Å². The molecule has 0 aliphatic carbocycles.